The van der Waals surface area contributed by atoms with Crippen LogP contribution in [0, 0.1) is 23.7 Å². The molecule has 1 fully saturated rings. The lowest BCUT2D eigenvalue weighted by atomic mass is 9.57. The van der Waals surface area contributed by atoms with E-state index in [9.17, 15) is 39.6 Å². The number of carbonyl (C=O) groups is 4. The zero-order valence-corrected chi connectivity index (χ0v) is 23.3. The lowest BCUT2D eigenvalue weighted by molar-refractivity contribution is -0.167. The van der Waals surface area contributed by atoms with Crippen LogP contribution in [0.25, 0.3) is 11.1 Å². The fourth-order valence-electron chi connectivity index (χ4n) is 6.47. The normalized spacial score (nSPS) is 26.8. The van der Waals surface area contributed by atoms with Gasteiger partial charge in [0.15, 0.2) is 17.2 Å². The van der Waals surface area contributed by atoms with Crippen molar-refractivity contribution < 1.29 is 44.3 Å². The minimum atomic E-state index is -2.55. The Balaban J connectivity index is 1.46. The Morgan fingerprint density at radius 2 is 1.79 bits per heavy atom. The number of carbonyl (C=O) groups excluding carboxylic acids is 4. The van der Waals surface area contributed by atoms with Crippen LogP contribution in [-0.2, 0) is 27.3 Å². The number of aliphatic hydroxyl groups is 3. The van der Waals surface area contributed by atoms with Gasteiger partial charge in [-0.1, -0.05) is 44.2 Å². The molecule has 222 valence electrons. The molecule has 0 aliphatic heterocycles. The van der Waals surface area contributed by atoms with Gasteiger partial charge in [-0.15, -0.1) is 0 Å². The van der Waals surface area contributed by atoms with E-state index in [2.05, 4.69) is 5.32 Å². The second kappa shape index (κ2) is 10.9. The summed E-state index contributed by atoms with van der Waals surface area (Å²) in [4.78, 5) is 50.7. The zero-order chi connectivity index (χ0) is 30.5. The van der Waals surface area contributed by atoms with Crippen molar-refractivity contribution in [3.8, 4) is 16.9 Å². The van der Waals surface area contributed by atoms with Crippen LogP contribution in [0.1, 0.15) is 48.2 Å². The second-order valence-electron chi connectivity index (χ2n) is 11.8. The number of allylic oxidation sites excluding steroid dienone is 1. The summed E-state index contributed by atoms with van der Waals surface area (Å²) >= 11 is 0. The third-order valence-electron chi connectivity index (χ3n) is 8.52. The predicted octanol–water partition coefficient (Wildman–Crippen LogP) is 2.29. The molecular formula is C31H34N2O9. The number of primary amides is 1. The highest BCUT2D eigenvalue weighted by atomic mass is 16.5. The number of hydrogen-bond acceptors (Lipinski definition) is 9. The quantitative estimate of drug-likeness (QED) is 0.279. The molecule has 0 heterocycles. The first-order valence-corrected chi connectivity index (χ1v) is 13.9. The smallest absolute Gasteiger partial charge is 0.407 e. The molecule has 0 aromatic heterocycles. The topological polar surface area (TPSA) is 196 Å². The standard InChI is InChI=1S/C31H34N2O9/c1-14(2)13-42-30(40)33-12-15-3-5-16(6-4-15)19-7-8-21(34)24-20(19)10-17-9-18-11-22(35)25(29(32)39)28(38)31(18,41)27(37)23(17)26(24)36/h3-8,14,17-18,22,25,34-35,37,41H,9-13H2,1-2H3,(H2,32,39)(H,33,40)/t17-,18+,22?,25?,31+/m1/s1. The maximum absolute atomic E-state index is 13.8. The van der Waals surface area contributed by atoms with Crippen LogP contribution in [0.3, 0.4) is 0 Å². The molecule has 42 heavy (non-hydrogen) atoms. The van der Waals surface area contributed by atoms with E-state index in [1.54, 1.807) is 6.07 Å². The Morgan fingerprint density at radius 3 is 2.43 bits per heavy atom. The van der Waals surface area contributed by atoms with Gasteiger partial charge in [-0.05, 0) is 59.4 Å². The molecule has 5 rings (SSSR count). The summed E-state index contributed by atoms with van der Waals surface area (Å²) < 4.78 is 5.12. The van der Waals surface area contributed by atoms with Gasteiger partial charge < -0.3 is 36.2 Å². The fourth-order valence-corrected chi connectivity index (χ4v) is 6.47. The number of Topliss-reactive ketones (excluding diaryl/α,β-unsaturated/α-hetero) is 2. The van der Waals surface area contributed by atoms with Crippen LogP contribution in [0.15, 0.2) is 47.7 Å². The summed E-state index contributed by atoms with van der Waals surface area (Å²) in [6.45, 7) is 4.45. The molecule has 2 unspecified atom stereocenters. The van der Waals surface area contributed by atoms with E-state index in [1.807, 2.05) is 38.1 Å². The van der Waals surface area contributed by atoms with Crippen LogP contribution in [0.2, 0.25) is 0 Å². The fraction of sp³-hybridized carbons (Fsp3) is 0.419. The number of amides is 2. The highest BCUT2D eigenvalue weighted by Crippen LogP contribution is 2.52. The third-order valence-corrected chi connectivity index (χ3v) is 8.52. The highest BCUT2D eigenvalue weighted by Gasteiger charge is 2.62. The number of nitrogens with one attached hydrogen (secondary N) is 1. The van der Waals surface area contributed by atoms with Crippen molar-refractivity contribution in [2.75, 3.05) is 6.61 Å². The van der Waals surface area contributed by atoms with Crippen LogP contribution in [0.4, 0.5) is 4.79 Å². The maximum atomic E-state index is 13.8. The number of alkyl carbamates (subject to hydrolysis) is 1. The van der Waals surface area contributed by atoms with Gasteiger partial charge in [0.1, 0.15) is 17.4 Å². The average molecular weight is 579 g/mol. The molecule has 5 atom stereocenters. The molecule has 0 bridgehead atoms. The first-order valence-electron chi connectivity index (χ1n) is 13.9. The van der Waals surface area contributed by atoms with Gasteiger partial charge in [0, 0.05) is 18.0 Å². The summed E-state index contributed by atoms with van der Waals surface area (Å²) in [6.07, 6.45) is -1.81. The number of rotatable bonds is 6. The number of ketones is 2. The van der Waals surface area contributed by atoms with Crippen molar-refractivity contribution in [1.29, 1.82) is 0 Å². The predicted molar refractivity (Wildman–Crippen MR) is 149 cm³/mol. The van der Waals surface area contributed by atoms with Gasteiger partial charge in [0.05, 0.1) is 18.3 Å². The lowest BCUT2D eigenvalue weighted by Crippen LogP contribution is -2.63. The zero-order valence-electron chi connectivity index (χ0n) is 23.3. The summed E-state index contributed by atoms with van der Waals surface area (Å²) in [6, 6.07) is 10.4. The van der Waals surface area contributed by atoms with E-state index in [-0.39, 0.29) is 48.6 Å². The van der Waals surface area contributed by atoms with Crippen LogP contribution in [-0.4, -0.2) is 62.3 Å². The molecule has 11 heteroatoms. The number of aliphatic hydroxyl groups excluding tert-OH is 2. The van der Waals surface area contributed by atoms with Crippen LogP contribution < -0.4 is 11.1 Å². The summed E-state index contributed by atoms with van der Waals surface area (Å²) in [5.74, 6) is -7.21. The second-order valence-corrected chi connectivity index (χ2v) is 11.8. The Hall–Kier alpha value is -4.22. The van der Waals surface area contributed by atoms with Gasteiger partial charge in [-0.25, -0.2) is 4.79 Å². The van der Waals surface area contributed by atoms with Crippen LogP contribution >= 0.6 is 0 Å². The van der Waals surface area contributed by atoms with E-state index in [4.69, 9.17) is 10.5 Å². The number of phenolic OH excluding ortho intramolecular Hbond substituents is 1. The lowest BCUT2D eigenvalue weighted by Gasteiger charge is -2.48. The Kier molecular flexibility index (Phi) is 7.59. The molecular weight excluding hydrogens is 544 g/mol. The molecule has 3 aliphatic rings. The van der Waals surface area contributed by atoms with Crippen molar-refractivity contribution in [2.24, 2.45) is 29.4 Å². The molecule has 0 radical (unpaired) electrons. The molecule has 0 saturated heterocycles. The summed E-state index contributed by atoms with van der Waals surface area (Å²) in [5.41, 5.74) is 5.32. The van der Waals surface area contributed by atoms with E-state index in [1.165, 1.54) is 6.07 Å². The maximum Gasteiger partial charge on any atom is 0.407 e. The van der Waals surface area contributed by atoms with E-state index in [0.29, 0.717) is 17.7 Å². The number of hydrogen-bond donors (Lipinski definition) is 6. The van der Waals surface area contributed by atoms with Crippen molar-refractivity contribution in [3.05, 3.63) is 64.4 Å². The molecule has 7 N–H and O–H groups in total. The van der Waals surface area contributed by atoms with E-state index in [0.717, 1.165) is 11.1 Å². The SMILES string of the molecule is CC(C)COC(=O)NCc1ccc(-c2ccc(O)c3c2C[C@H]2C[C@H]4CC(O)C(C(N)=O)C(=O)[C@@]4(O)C(O)=C2C3=O)cc1. The summed E-state index contributed by atoms with van der Waals surface area (Å²) in [7, 11) is 0. The number of phenols is 1. The van der Waals surface area contributed by atoms with Crippen molar-refractivity contribution in [1.82, 2.24) is 5.32 Å². The molecule has 3 aliphatic carbocycles. The minimum Gasteiger partial charge on any atom is -0.508 e. The molecule has 2 amide bonds. The van der Waals surface area contributed by atoms with Gasteiger partial charge >= 0.3 is 6.09 Å². The average Bonchev–Trinajstić information content (AvgIpc) is 2.93. The summed E-state index contributed by atoms with van der Waals surface area (Å²) in [5, 5.41) is 46.5. The largest absolute Gasteiger partial charge is 0.508 e. The number of benzene rings is 2. The number of nitrogens with two attached hydrogens (primary N) is 1. The highest BCUT2D eigenvalue weighted by molar-refractivity contribution is 6.16. The minimum absolute atomic E-state index is 0.0410. The molecule has 2 aromatic rings. The third kappa shape index (κ3) is 4.82. The number of fused-ring (bicyclic) bond motifs is 3. The molecule has 2 aromatic carbocycles. The first-order chi connectivity index (χ1) is 19.8. The van der Waals surface area contributed by atoms with Crippen LogP contribution in [0.5, 0.6) is 5.75 Å². The molecule has 11 nitrogen and oxygen atoms in total. The van der Waals surface area contributed by atoms with E-state index >= 15 is 0 Å². The van der Waals surface area contributed by atoms with Crippen molar-refractivity contribution in [3.63, 3.8) is 0 Å². The first kappa shape index (κ1) is 29.3. The molecule has 1 saturated carbocycles. The van der Waals surface area contributed by atoms with E-state index < -0.39 is 58.8 Å². The van der Waals surface area contributed by atoms with Gasteiger partial charge in [-0.2, -0.15) is 0 Å². The Morgan fingerprint density at radius 1 is 1.10 bits per heavy atom. The Labute approximate surface area is 242 Å². The van der Waals surface area contributed by atoms with Crippen molar-refractivity contribution >= 4 is 23.6 Å². The van der Waals surface area contributed by atoms with Gasteiger partial charge in [-0.3, -0.25) is 14.4 Å². The monoisotopic (exact) mass is 578 g/mol. The number of ether oxygens (including phenoxy) is 1. The van der Waals surface area contributed by atoms with Gasteiger partial charge in [0.25, 0.3) is 0 Å². The Bertz CT molecular complexity index is 1500. The van der Waals surface area contributed by atoms with Crippen molar-refractivity contribution in [2.45, 2.75) is 51.4 Å². The number of aromatic hydroxyl groups is 1. The molecule has 0 spiro atoms. The van der Waals surface area contributed by atoms with Gasteiger partial charge in [0.2, 0.25) is 5.91 Å².